The normalized spacial score (nSPS) is 12.1. The molecule has 3 N–H and O–H groups in total. The first-order valence-electron chi connectivity index (χ1n) is 7.36. The van der Waals surface area contributed by atoms with Crippen molar-refractivity contribution in [3.8, 4) is 11.8 Å². The summed E-state index contributed by atoms with van der Waals surface area (Å²) in [5.41, 5.74) is 10.8. The van der Waals surface area contributed by atoms with Gasteiger partial charge in [0.1, 0.15) is 5.75 Å². The summed E-state index contributed by atoms with van der Waals surface area (Å²) in [6, 6.07) is 15.8. The van der Waals surface area contributed by atoms with Crippen LogP contribution in [0.15, 0.2) is 53.6 Å². The maximum atomic E-state index is 12.0. The lowest BCUT2D eigenvalue weighted by molar-refractivity contribution is -0.127. The van der Waals surface area contributed by atoms with Gasteiger partial charge >= 0.3 is 0 Å². The largest absolute Gasteiger partial charge is 0.481 e. The van der Waals surface area contributed by atoms with Crippen LogP contribution in [0.1, 0.15) is 25.0 Å². The van der Waals surface area contributed by atoms with Gasteiger partial charge in [0.25, 0.3) is 5.91 Å². The average Bonchev–Trinajstić information content (AvgIpc) is 2.60. The van der Waals surface area contributed by atoms with E-state index in [2.05, 4.69) is 10.5 Å². The topological polar surface area (TPSA) is 100 Å². The Labute approximate surface area is 140 Å². The fourth-order valence-electron chi connectivity index (χ4n) is 1.88. The maximum absolute atomic E-state index is 12.0. The van der Waals surface area contributed by atoms with Gasteiger partial charge in [0.05, 0.1) is 17.3 Å². The predicted molar refractivity (Wildman–Crippen MR) is 92.5 cm³/mol. The minimum atomic E-state index is -0.721. The zero-order chi connectivity index (χ0) is 17.5. The molecule has 0 radical (unpaired) electrons. The second-order valence-electron chi connectivity index (χ2n) is 5.19. The number of benzene rings is 2. The van der Waals surface area contributed by atoms with E-state index in [0.29, 0.717) is 22.7 Å². The molecule has 0 bridgehead atoms. The lowest BCUT2D eigenvalue weighted by Crippen LogP contribution is -2.33. The number of carbonyl (C=O) groups excluding carboxylic acids is 1. The first-order chi connectivity index (χ1) is 11.5. The summed E-state index contributed by atoms with van der Waals surface area (Å²) in [5.74, 6) is 0.144. The summed E-state index contributed by atoms with van der Waals surface area (Å²) in [5, 5.41) is 12.8. The van der Waals surface area contributed by atoms with E-state index in [0.717, 1.165) is 5.56 Å². The highest BCUT2D eigenvalue weighted by molar-refractivity contribution is 5.99. The van der Waals surface area contributed by atoms with Gasteiger partial charge in [-0.2, -0.15) is 10.4 Å². The van der Waals surface area contributed by atoms with Crippen molar-refractivity contribution < 1.29 is 9.53 Å². The molecule has 1 amide bonds. The van der Waals surface area contributed by atoms with Gasteiger partial charge in [-0.3, -0.25) is 4.79 Å². The molecule has 2 rings (SSSR count). The van der Waals surface area contributed by atoms with E-state index in [1.165, 1.54) is 0 Å². The number of hydrogen-bond donors (Lipinski definition) is 2. The molecule has 0 unspecified atom stereocenters. The standard InChI is InChI=1S/C18H18N4O2/c1-12(15-5-7-16(20)8-6-15)21-22-18(23)13(2)24-17-9-3-14(11-19)4-10-17/h3-10,13H,20H2,1-2H3,(H,22,23)/b21-12-/t13-/m0/s1. The molecule has 1 atom stereocenters. The zero-order valence-electron chi connectivity index (χ0n) is 13.5. The summed E-state index contributed by atoms with van der Waals surface area (Å²) in [7, 11) is 0. The van der Waals surface area contributed by atoms with E-state index >= 15 is 0 Å². The number of nitrogens with one attached hydrogen (secondary N) is 1. The predicted octanol–water partition coefficient (Wildman–Crippen LogP) is 2.45. The Morgan fingerprint density at radius 1 is 1.21 bits per heavy atom. The fraction of sp³-hybridized carbons (Fsp3) is 0.167. The zero-order valence-corrected chi connectivity index (χ0v) is 13.5. The van der Waals surface area contributed by atoms with Gasteiger partial charge in [-0.1, -0.05) is 12.1 Å². The number of carbonyl (C=O) groups is 1. The fourth-order valence-corrected chi connectivity index (χ4v) is 1.88. The number of amides is 1. The number of hydrazone groups is 1. The summed E-state index contributed by atoms with van der Waals surface area (Å²) in [6.45, 7) is 3.42. The van der Waals surface area contributed by atoms with Gasteiger partial charge < -0.3 is 10.5 Å². The van der Waals surface area contributed by atoms with Crippen LogP contribution in [0.3, 0.4) is 0 Å². The summed E-state index contributed by atoms with van der Waals surface area (Å²) in [4.78, 5) is 12.0. The molecule has 0 heterocycles. The first kappa shape index (κ1) is 17.0. The van der Waals surface area contributed by atoms with Crippen molar-refractivity contribution in [2.45, 2.75) is 20.0 Å². The molecule has 0 saturated heterocycles. The number of nitriles is 1. The Morgan fingerprint density at radius 2 is 1.83 bits per heavy atom. The van der Waals surface area contributed by atoms with Crippen LogP contribution in [0.25, 0.3) is 0 Å². The van der Waals surface area contributed by atoms with E-state index in [1.54, 1.807) is 50.2 Å². The highest BCUT2D eigenvalue weighted by Crippen LogP contribution is 2.13. The van der Waals surface area contributed by atoms with Crippen LogP contribution in [-0.4, -0.2) is 17.7 Å². The number of rotatable bonds is 5. The van der Waals surface area contributed by atoms with Gasteiger partial charge in [-0.15, -0.1) is 0 Å². The van der Waals surface area contributed by atoms with E-state index < -0.39 is 6.10 Å². The lowest BCUT2D eigenvalue weighted by Gasteiger charge is -2.13. The number of hydrogen-bond acceptors (Lipinski definition) is 5. The second kappa shape index (κ2) is 7.79. The summed E-state index contributed by atoms with van der Waals surface area (Å²) < 4.78 is 5.52. The van der Waals surface area contributed by atoms with Crippen molar-refractivity contribution in [1.29, 1.82) is 5.26 Å². The monoisotopic (exact) mass is 322 g/mol. The molecule has 122 valence electrons. The van der Waals surface area contributed by atoms with Gasteiger partial charge in [-0.05, 0) is 55.8 Å². The summed E-state index contributed by atoms with van der Waals surface area (Å²) in [6.07, 6.45) is -0.721. The molecule has 0 fully saturated rings. The third kappa shape index (κ3) is 4.58. The molecular formula is C18H18N4O2. The minimum Gasteiger partial charge on any atom is -0.481 e. The number of nitrogens with zero attached hydrogens (tertiary/aromatic N) is 2. The van der Waals surface area contributed by atoms with E-state index in [4.69, 9.17) is 15.7 Å². The molecule has 6 heteroatoms. The Morgan fingerprint density at radius 3 is 2.42 bits per heavy atom. The molecule has 0 aliphatic rings. The van der Waals surface area contributed by atoms with Crippen LogP contribution in [0.4, 0.5) is 5.69 Å². The van der Waals surface area contributed by atoms with E-state index in [9.17, 15) is 4.79 Å². The maximum Gasteiger partial charge on any atom is 0.280 e. The number of ether oxygens (including phenoxy) is 1. The molecule has 0 aliphatic heterocycles. The van der Waals surface area contributed by atoms with Gasteiger partial charge in [0, 0.05) is 5.69 Å². The van der Waals surface area contributed by atoms with Crippen LogP contribution in [-0.2, 0) is 4.79 Å². The lowest BCUT2D eigenvalue weighted by atomic mass is 10.1. The second-order valence-corrected chi connectivity index (χ2v) is 5.19. The van der Waals surface area contributed by atoms with Crippen LogP contribution >= 0.6 is 0 Å². The van der Waals surface area contributed by atoms with E-state index in [1.807, 2.05) is 18.2 Å². The Hall–Kier alpha value is -3.33. The quantitative estimate of drug-likeness (QED) is 0.501. The molecular weight excluding hydrogens is 304 g/mol. The SMILES string of the molecule is C/C(=N/NC(=O)[C@H](C)Oc1ccc(C#N)cc1)c1ccc(N)cc1. The number of nitrogens with two attached hydrogens (primary N) is 1. The smallest absolute Gasteiger partial charge is 0.280 e. The number of anilines is 1. The Bertz CT molecular complexity index is 774. The Kier molecular flexibility index (Phi) is 5.53. The van der Waals surface area contributed by atoms with Crippen LogP contribution in [0.5, 0.6) is 5.75 Å². The molecule has 0 aliphatic carbocycles. The molecule has 2 aromatic carbocycles. The van der Waals surface area contributed by atoms with Gasteiger partial charge in [-0.25, -0.2) is 5.43 Å². The molecule has 0 aromatic heterocycles. The molecule has 0 spiro atoms. The first-order valence-corrected chi connectivity index (χ1v) is 7.36. The molecule has 24 heavy (non-hydrogen) atoms. The van der Waals surface area contributed by atoms with Crippen LogP contribution in [0.2, 0.25) is 0 Å². The average molecular weight is 322 g/mol. The van der Waals surface area contributed by atoms with Crippen molar-refractivity contribution in [2.75, 3.05) is 5.73 Å². The van der Waals surface area contributed by atoms with Crippen LogP contribution < -0.4 is 15.9 Å². The van der Waals surface area contributed by atoms with Crippen molar-refractivity contribution in [3.05, 3.63) is 59.7 Å². The molecule has 2 aromatic rings. The van der Waals surface area contributed by atoms with Crippen molar-refractivity contribution in [2.24, 2.45) is 5.10 Å². The highest BCUT2D eigenvalue weighted by atomic mass is 16.5. The molecule has 6 nitrogen and oxygen atoms in total. The minimum absolute atomic E-state index is 0.367. The van der Waals surface area contributed by atoms with Gasteiger partial charge in [0.15, 0.2) is 6.10 Å². The molecule has 0 saturated carbocycles. The van der Waals surface area contributed by atoms with Crippen molar-refractivity contribution in [1.82, 2.24) is 5.43 Å². The van der Waals surface area contributed by atoms with Crippen molar-refractivity contribution in [3.63, 3.8) is 0 Å². The Balaban J connectivity index is 1.94. The van der Waals surface area contributed by atoms with Gasteiger partial charge in [0.2, 0.25) is 0 Å². The third-order valence-corrected chi connectivity index (χ3v) is 3.33. The van der Waals surface area contributed by atoms with Crippen LogP contribution in [0, 0.1) is 11.3 Å². The highest BCUT2D eigenvalue weighted by Gasteiger charge is 2.14. The summed E-state index contributed by atoms with van der Waals surface area (Å²) >= 11 is 0. The number of nitrogen functional groups attached to an aromatic ring is 1. The van der Waals surface area contributed by atoms with Crippen molar-refractivity contribution >= 4 is 17.3 Å². The third-order valence-electron chi connectivity index (χ3n) is 3.33. The van der Waals surface area contributed by atoms with E-state index in [-0.39, 0.29) is 5.91 Å².